The normalized spacial score (nSPS) is 24.9. The Morgan fingerprint density at radius 2 is 1.85 bits per heavy atom. The first-order chi connectivity index (χ1) is 9.88. The molecule has 2 saturated heterocycles. The molecule has 0 N–H and O–H groups in total. The monoisotopic (exact) mass is 273 g/mol. The molecule has 1 aromatic rings. The molecule has 0 aromatic carbocycles. The summed E-state index contributed by atoms with van der Waals surface area (Å²) in [7, 11) is 0. The van der Waals surface area contributed by atoms with Crippen molar-refractivity contribution in [3.05, 3.63) is 23.9 Å². The SMILES string of the molecule is CCN1CCCC[C@H]1c1ccc(N2CCCCC2)nc1. The van der Waals surface area contributed by atoms with Crippen LogP contribution in [0.25, 0.3) is 0 Å². The maximum Gasteiger partial charge on any atom is 0.128 e. The van der Waals surface area contributed by atoms with Gasteiger partial charge in [0.25, 0.3) is 0 Å². The summed E-state index contributed by atoms with van der Waals surface area (Å²) in [6, 6.07) is 5.15. The van der Waals surface area contributed by atoms with Crippen LogP contribution in [0.3, 0.4) is 0 Å². The summed E-state index contributed by atoms with van der Waals surface area (Å²) in [4.78, 5) is 9.78. The van der Waals surface area contributed by atoms with E-state index in [0.29, 0.717) is 6.04 Å². The largest absolute Gasteiger partial charge is 0.357 e. The van der Waals surface area contributed by atoms with E-state index >= 15 is 0 Å². The summed E-state index contributed by atoms with van der Waals surface area (Å²) >= 11 is 0. The number of piperidine rings is 2. The van der Waals surface area contributed by atoms with E-state index in [1.165, 1.54) is 69.5 Å². The molecule has 0 spiro atoms. The quantitative estimate of drug-likeness (QED) is 0.838. The summed E-state index contributed by atoms with van der Waals surface area (Å²) in [6.45, 7) is 7.02. The van der Waals surface area contributed by atoms with E-state index in [9.17, 15) is 0 Å². The first-order valence-electron chi connectivity index (χ1n) is 8.33. The van der Waals surface area contributed by atoms with Crippen molar-refractivity contribution in [1.82, 2.24) is 9.88 Å². The zero-order valence-corrected chi connectivity index (χ0v) is 12.7. The molecule has 3 heterocycles. The zero-order valence-electron chi connectivity index (χ0n) is 12.7. The fourth-order valence-electron chi connectivity index (χ4n) is 3.65. The maximum absolute atomic E-state index is 4.75. The van der Waals surface area contributed by atoms with Gasteiger partial charge in [0.2, 0.25) is 0 Å². The molecule has 3 nitrogen and oxygen atoms in total. The Balaban J connectivity index is 1.71. The van der Waals surface area contributed by atoms with E-state index in [-0.39, 0.29) is 0 Å². The van der Waals surface area contributed by atoms with E-state index in [1.807, 2.05) is 0 Å². The average Bonchev–Trinajstić information content (AvgIpc) is 2.56. The van der Waals surface area contributed by atoms with Crippen molar-refractivity contribution in [2.24, 2.45) is 0 Å². The third-order valence-corrected chi connectivity index (χ3v) is 4.86. The second-order valence-corrected chi connectivity index (χ2v) is 6.14. The lowest BCUT2D eigenvalue weighted by Gasteiger charge is -2.35. The van der Waals surface area contributed by atoms with Crippen LogP contribution in [0.4, 0.5) is 5.82 Å². The highest BCUT2D eigenvalue weighted by Crippen LogP contribution is 2.31. The molecule has 0 unspecified atom stereocenters. The molecule has 3 heteroatoms. The molecule has 1 aromatic heterocycles. The molecule has 2 aliphatic heterocycles. The second-order valence-electron chi connectivity index (χ2n) is 6.14. The number of rotatable bonds is 3. The summed E-state index contributed by atoms with van der Waals surface area (Å²) in [6.07, 6.45) is 10.1. The fraction of sp³-hybridized carbons (Fsp3) is 0.706. The number of anilines is 1. The summed E-state index contributed by atoms with van der Waals surface area (Å²) in [5.74, 6) is 1.17. The van der Waals surface area contributed by atoms with Gasteiger partial charge in [-0.2, -0.15) is 0 Å². The van der Waals surface area contributed by atoms with Gasteiger partial charge in [-0.15, -0.1) is 0 Å². The van der Waals surface area contributed by atoms with Gasteiger partial charge in [-0.25, -0.2) is 4.98 Å². The van der Waals surface area contributed by atoms with Gasteiger partial charge in [0.1, 0.15) is 5.82 Å². The highest BCUT2D eigenvalue weighted by molar-refractivity contribution is 5.40. The molecule has 110 valence electrons. The van der Waals surface area contributed by atoms with Crippen molar-refractivity contribution >= 4 is 5.82 Å². The molecule has 1 atom stereocenters. The van der Waals surface area contributed by atoms with Gasteiger partial charge in [-0.1, -0.05) is 19.4 Å². The smallest absolute Gasteiger partial charge is 0.128 e. The number of hydrogen-bond acceptors (Lipinski definition) is 3. The lowest BCUT2D eigenvalue weighted by molar-refractivity contribution is 0.157. The lowest BCUT2D eigenvalue weighted by Crippen LogP contribution is -2.33. The number of hydrogen-bond donors (Lipinski definition) is 0. The van der Waals surface area contributed by atoms with Gasteiger partial charge in [-0.05, 0) is 56.8 Å². The Labute approximate surface area is 123 Å². The highest BCUT2D eigenvalue weighted by atomic mass is 15.2. The van der Waals surface area contributed by atoms with Crippen LogP contribution in [0, 0.1) is 0 Å². The minimum absolute atomic E-state index is 0.594. The number of pyridine rings is 1. The first kappa shape index (κ1) is 13.9. The average molecular weight is 273 g/mol. The lowest BCUT2D eigenvalue weighted by atomic mass is 9.96. The molecule has 0 amide bonds. The molecule has 0 aliphatic carbocycles. The fourth-order valence-corrected chi connectivity index (χ4v) is 3.65. The minimum atomic E-state index is 0.594. The van der Waals surface area contributed by atoms with Crippen LogP contribution in [0.1, 0.15) is 57.1 Å². The molecule has 2 aliphatic rings. The Morgan fingerprint density at radius 1 is 1.05 bits per heavy atom. The number of aromatic nitrogens is 1. The number of likely N-dealkylation sites (tertiary alicyclic amines) is 1. The molecule has 2 fully saturated rings. The van der Waals surface area contributed by atoms with Crippen LogP contribution >= 0.6 is 0 Å². The topological polar surface area (TPSA) is 19.4 Å². The molecular formula is C17H27N3. The van der Waals surface area contributed by atoms with Crippen molar-refractivity contribution in [3.8, 4) is 0 Å². The van der Waals surface area contributed by atoms with Crippen LogP contribution in [-0.4, -0.2) is 36.1 Å². The van der Waals surface area contributed by atoms with Crippen molar-refractivity contribution in [3.63, 3.8) is 0 Å². The minimum Gasteiger partial charge on any atom is -0.357 e. The van der Waals surface area contributed by atoms with E-state index in [2.05, 4.69) is 35.1 Å². The molecule has 3 rings (SSSR count). The van der Waals surface area contributed by atoms with Crippen LogP contribution in [0.5, 0.6) is 0 Å². The van der Waals surface area contributed by atoms with Crippen LogP contribution in [0.15, 0.2) is 18.3 Å². The van der Waals surface area contributed by atoms with E-state index < -0.39 is 0 Å². The van der Waals surface area contributed by atoms with E-state index in [4.69, 9.17) is 4.98 Å². The third kappa shape index (κ3) is 2.98. The van der Waals surface area contributed by atoms with Gasteiger partial charge >= 0.3 is 0 Å². The van der Waals surface area contributed by atoms with Crippen molar-refractivity contribution in [2.75, 3.05) is 31.1 Å². The van der Waals surface area contributed by atoms with Crippen molar-refractivity contribution in [2.45, 2.75) is 51.5 Å². The summed E-state index contributed by atoms with van der Waals surface area (Å²) in [5, 5.41) is 0. The van der Waals surface area contributed by atoms with Gasteiger partial charge in [0.15, 0.2) is 0 Å². The van der Waals surface area contributed by atoms with E-state index in [0.717, 1.165) is 6.54 Å². The van der Waals surface area contributed by atoms with Crippen LogP contribution in [0.2, 0.25) is 0 Å². The van der Waals surface area contributed by atoms with Crippen molar-refractivity contribution in [1.29, 1.82) is 0 Å². The molecule has 0 saturated carbocycles. The van der Waals surface area contributed by atoms with Gasteiger partial charge < -0.3 is 4.90 Å². The first-order valence-corrected chi connectivity index (χ1v) is 8.33. The molecule has 0 radical (unpaired) electrons. The maximum atomic E-state index is 4.75. The predicted molar refractivity (Wildman–Crippen MR) is 84.1 cm³/mol. The standard InChI is InChI=1S/C17H27N3/c1-2-19-11-7-4-8-16(19)15-9-10-17(18-14-15)20-12-5-3-6-13-20/h9-10,14,16H,2-8,11-13H2,1H3/t16-/m0/s1. The zero-order chi connectivity index (χ0) is 13.8. The summed E-state index contributed by atoms with van der Waals surface area (Å²) in [5.41, 5.74) is 1.41. The Bertz CT molecular complexity index is 409. The molecule has 0 bridgehead atoms. The van der Waals surface area contributed by atoms with Gasteiger partial charge in [0.05, 0.1) is 0 Å². The van der Waals surface area contributed by atoms with Gasteiger partial charge in [-0.3, -0.25) is 4.90 Å². The predicted octanol–water partition coefficient (Wildman–Crippen LogP) is 3.62. The summed E-state index contributed by atoms with van der Waals surface area (Å²) < 4.78 is 0. The third-order valence-electron chi connectivity index (χ3n) is 4.86. The van der Waals surface area contributed by atoms with Crippen molar-refractivity contribution < 1.29 is 0 Å². The van der Waals surface area contributed by atoms with E-state index in [1.54, 1.807) is 0 Å². The van der Waals surface area contributed by atoms with Crippen LogP contribution in [-0.2, 0) is 0 Å². The Kier molecular flexibility index (Phi) is 4.56. The second kappa shape index (κ2) is 6.57. The molecular weight excluding hydrogens is 246 g/mol. The highest BCUT2D eigenvalue weighted by Gasteiger charge is 2.23. The van der Waals surface area contributed by atoms with Crippen LogP contribution < -0.4 is 4.90 Å². The number of nitrogens with zero attached hydrogens (tertiary/aromatic N) is 3. The Morgan fingerprint density at radius 3 is 2.55 bits per heavy atom. The Hall–Kier alpha value is -1.09. The van der Waals surface area contributed by atoms with Gasteiger partial charge in [0, 0.05) is 25.3 Å². The molecule has 20 heavy (non-hydrogen) atoms.